The molecule has 0 aromatic rings. The lowest BCUT2D eigenvalue weighted by Gasteiger charge is -2.21. The fourth-order valence-electron chi connectivity index (χ4n) is 11.4. The van der Waals surface area contributed by atoms with Crippen LogP contribution in [0, 0.1) is 0 Å². The second-order valence-corrected chi connectivity index (χ2v) is 30.3. The molecule has 0 aliphatic carbocycles. The predicted molar refractivity (Wildman–Crippen MR) is 409 cm³/mol. The second-order valence-electron chi connectivity index (χ2n) is 27.4. The normalized spacial score (nSPS) is 14.2. The Morgan fingerprint density at radius 3 is 0.800 bits per heavy atom. The number of carbonyl (C=O) groups excluding carboxylic acids is 4. The molecule has 0 fully saturated rings. The summed E-state index contributed by atoms with van der Waals surface area (Å²) in [5.74, 6) is -2.17. The smallest absolute Gasteiger partial charge is 0.462 e. The van der Waals surface area contributed by atoms with Crippen molar-refractivity contribution in [1.82, 2.24) is 0 Å². The number of rotatable bonds is 77. The van der Waals surface area contributed by atoms with E-state index in [1.54, 1.807) is 0 Å². The Hall–Kier alpha value is -3.24. The number of unbranched alkanes of at least 4 members (excludes halogenated alkanes) is 41. The van der Waals surface area contributed by atoms with E-state index in [2.05, 4.69) is 88.5 Å². The van der Waals surface area contributed by atoms with E-state index >= 15 is 0 Å². The molecule has 19 heteroatoms. The van der Waals surface area contributed by atoms with E-state index in [0.29, 0.717) is 25.7 Å². The van der Waals surface area contributed by atoms with Crippen molar-refractivity contribution in [3.8, 4) is 0 Å². The van der Waals surface area contributed by atoms with Gasteiger partial charge in [0.25, 0.3) is 0 Å². The van der Waals surface area contributed by atoms with Crippen LogP contribution < -0.4 is 0 Å². The van der Waals surface area contributed by atoms with Crippen molar-refractivity contribution in [2.75, 3.05) is 39.6 Å². The van der Waals surface area contributed by atoms with Crippen LogP contribution in [0.15, 0.2) is 60.8 Å². The van der Waals surface area contributed by atoms with Crippen molar-refractivity contribution in [2.45, 2.75) is 393 Å². The van der Waals surface area contributed by atoms with E-state index in [1.807, 2.05) is 0 Å². The van der Waals surface area contributed by atoms with Crippen LogP contribution in [-0.2, 0) is 65.4 Å². The van der Waals surface area contributed by atoms with Gasteiger partial charge in [0.05, 0.1) is 26.4 Å². The minimum absolute atomic E-state index is 0.0610. The highest BCUT2D eigenvalue weighted by Gasteiger charge is 2.30. The molecule has 0 aromatic carbocycles. The zero-order valence-corrected chi connectivity index (χ0v) is 65.7. The Kier molecular flexibility index (Phi) is 71.6. The number of hydrogen-bond acceptors (Lipinski definition) is 15. The molecule has 0 aliphatic heterocycles. The van der Waals surface area contributed by atoms with Gasteiger partial charge in [-0.05, 0) is 70.6 Å². The summed E-state index contributed by atoms with van der Waals surface area (Å²) in [6.45, 7) is 4.81. The average Bonchev–Trinajstić information content (AvgIpc) is 0.934. The molecule has 584 valence electrons. The van der Waals surface area contributed by atoms with E-state index in [9.17, 15) is 43.2 Å². The van der Waals surface area contributed by atoms with Crippen LogP contribution >= 0.6 is 15.6 Å². The molecule has 0 radical (unpaired) electrons. The maximum absolute atomic E-state index is 13.1. The molecule has 0 heterocycles. The van der Waals surface area contributed by atoms with Gasteiger partial charge < -0.3 is 33.8 Å². The van der Waals surface area contributed by atoms with Gasteiger partial charge in [-0.25, -0.2) is 9.13 Å². The number of ether oxygens (including phenoxy) is 4. The van der Waals surface area contributed by atoms with Crippen molar-refractivity contribution >= 4 is 39.5 Å². The summed E-state index contributed by atoms with van der Waals surface area (Å²) in [7, 11) is -9.94. The first-order chi connectivity index (χ1) is 48.7. The van der Waals surface area contributed by atoms with E-state index in [1.165, 1.54) is 180 Å². The number of allylic oxidation sites excluding steroid dienone is 10. The van der Waals surface area contributed by atoms with Gasteiger partial charge in [-0.15, -0.1) is 0 Å². The Morgan fingerprint density at radius 1 is 0.290 bits per heavy atom. The monoisotopic (exact) mass is 1460 g/mol. The molecule has 0 saturated carbocycles. The van der Waals surface area contributed by atoms with Crippen LogP contribution in [0.2, 0.25) is 0 Å². The molecule has 2 unspecified atom stereocenters. The van der Waals surface area contributed by atoms with Crippen molar-refractivity contribution in [1.29, 1.82) is 0 Å². The van der Waals surface area contributed by atoms with Crippen molar-refractivity contribution < 1.29 is 80.2 Å². The third kappa shape index (κ3) is 73.1. The molecule has 0 aliphatic rings. The van der Waals surface area contributed by atoms with Crippen LogP contribution in [0.5, 0.6) is 0 Å². The standard InChI is InChI=1S/C81H148O17P2/c1-5-9-13-17-21-25-29-33-35-36-37-38-40-44-48-52-56-60-64-68-81(86)98-77(72-92-79(84)66-62-58-54-50-46-43-39-34-30-26-22-18-14-10-6-2)74-96-100(89,90)94-70-75(82)69-93-99(87,88)95-73-76(97-80(85)67-63-59-55-51-47-42-32-28-24-20-16-12-8-4)71-91-78(83)65-61-57-53-49-45-41-31-27-23-19-15-11-7-3/h9,13,21,25,33,35,37-38,44,48,75-77,82H,5-8,10-12,14-20,22-24,26-32,34,36,39-43,45-47,49-74H2,1-4H3,(H,87,88)(H,89,90)/b13-9-,25-21-,35-33-,38-37-,48-44-/t75-,76+,77+/m0/s1. The maximum atomic E-state index is 13.1. The molecule has 0 bridgehead atoms. The van der Waals surface area contributed by atoms with Crippen molar-refractivity contribution in [3.63, 3.8) is 0 Å². The zero-order chi connectivity index (χ0) is 73.2. The number of carbonyl (C=O) groups is 4. The van der Waals surface area contributed by atoms with Gasteiger partial charge in [0.1, 0.15) is 19.3 Å². The van der Waals surface area contributed by atoms with Gasteiger partial charge in [-0.2, -0.15) is 0 Å². The summed E-state index contributed by atoms with van der Waals surface area (Å²) in [5, 5.41) is 10.6. The van der Waals surface area contributed by atoms with Crippen molar-refractivity contribution in [3.05, 3.63) is 60.8 Å². The average molecular weight is 1460 g/mol. The lowest BCUT2D eigenvalue weighted by Crippen LogP contribution is -2.30. The summed E-state index contributed by atoms with van der Waals surface area (Å²) in [4.78, 5) is 73.0. The molecule has 0 rings (SSSR count). The summed E-state index contributed by atoms with van der Waals surface area (Å²) < 4.78 is 68.6. The van der Waals surface area contributed by atoms with Gasteiger partial charge in [0.2, 0.25) is 0 Å². The Morgan fingerprint density at radius 2 is 0.520 bits per heavy atom. The quantitative estimate of drug-likeness (QED) is 0.0169. The highest BCUT2D eigenvalue weighted by atomic mass is 31.2. The van der Waals surface area contributed by atoms with Gasteiger partial charge in [0, 0.05) is 25.7 Å². The first-order valence-electron chi connectivity index (χ1n) is 40.5. The molecule has 17 nitrogen and oxygen atoms in total. The van der Waals surface area contributed by atoms with Crippen LogP contribution in [0.1, 0.15) is 374 Å². The summed E-state index contributed by atoms with van der Waals surface area (Å²) in [5.41, 5.74) is 0. The summed E-state index contributed by atoms with van der Waals surface area (Å²) in [6.07, 6.45) is 73.4. The molecule has 3 N–H and O–H groups in total. The Balaban J connectivity index is 5.34. The molecule has 5 atom stereocenters. The van der Waals surface area contributed by atoms with Crippen LogP contribution in [-0.4, -0.2) is 96.7 Å². The molecule has 0 spiro atoms. The topological polar surface area (TPSA) is 237 Å². The number of esters is 4. The number of hydrogen-bond donors (Lipinski definition) is 3. The Labute approximate surface area is 610 Å². The number of phosphoric ester groups is 2. The van der Waals surface area contributed by atoms with Crippen LogP contribution in [0.4, 0.5) is 0 Å². The first-order valence-corrected chi connectivity index (χ1v) is 43.5. The number of phosphoric acid groups is 2. The molecular weight excluding hydrogens is 1310 g/mol. The van der Waals surface area contributed by atoms with Gasteiger partial charge in [-0.3, -0.25) is 37.3 Å². The minimum atomic E-state index is -4.98. The third-order valence-electron chi connectivity index (χ3n) is 17.5. The molecule has 0 amide bonds. The highest BCUT2D eigenvalue weighted by Crippen LogP contribution is 2.45. The third-order valence-corrected chi connectivity index (χ3v) is 19.4. The maximum Gasteiger partial charge on any atom is 0.472 e. The number of aliphatic hydroxyl groups excluding tert-OH is 1. The second kappa shape index (κ2) is 74.0. The SMILES string of the molecule is CC/C=C\C/C=C\C/C=C\C/C=C\C/C=C\CCCCCC(=O)O[C@H](COC(=O)CCCCCCCCCCCCCCCCC)COP(=O)(O)OC[C@@H](O)COP(=O)(O)OC[C@@H](COC(=O)CCCCCCCCCCCCCCC)OC(=O)CCCCCCCCCCCCCCC. The van der Waals surface area contributed by atoms with Crippen LogP contribution in [0.3, 0.4) is 0 Å². The lowest BCUT2D eigenvalue weighted by atomic mass is 10.0. The lowest BCUT2D eigenvalue weighted by molar-refractivity contribution is -0.161. The van der Waals surface area contributed by atoms with E-state index in [-0.39, 0.29) is 25.7 Å². The minimum Gasteiger partial charge on any atom is -0.462 e. The van der Waals surface area contributed by atoms with Crippen LogP contribution in [0.25, 0.3) is 0 Å². The molecular formula is C81H148O17P2. The zero-order valence-electron chi connectivity index (χ0n) is 63.9. The Bertz CT molecular complexity index is 2130. The predicted octanol–water partition coefficient (Wildman–Crippen LogP) is 23.5. The highest BCUT2D eigenvalue weighted by molar-refractivity contribution is 7.47. The van der Waals surface area contributed by atoms with E-state index < -0.39 is 97.5 Å². The van der Waals surface area contributed by atoms with Gasteiger partial charge >= 0.3 is 39.5 Å². The fraction of sp³-hybridized carbons (Fsp3) is 0.827. The van der Waals surface area contributed by atoms with Gasteiger partial charge in [0.15, 0.2) is 12.2 Å². The molecule has 0 saturated heterocycles. The molecule has 0 aromatic heterocycles. The fourth-order valence-corrected chi connectivity index (χ4v) is 12.9. The number of aliphatic hydroxyl groups is 1. The summed E-state index contributed by atoms with van der Waals surface area (Å²) in [6, 6.07) is 0. The van der Waals surface area contributed by atoms with E-state index in [4.69, 9.17) is 37.0 Å². The van der Waals surface area contributed by atoms with Crippen molar-refractivity contribution in [2.24, 2.45) is 0 Å². The van der Waals surface area contributed by atoms with E-state index in [0.717, 1.165) is 116 Å². The molecule has 100 heavy (non-hydrogen) atoms. The van der Waals surface area contributed by atoms with Gasteiger partial charge in [-0.1, -0.05) is 339 Å². The first kappa shape index (κ1) is 96.8. The largest absolute Gasteiger partial charge is 0.472 e. The summed E-state index contributed by atoms with van der Waals surface area (Å²) >= 11 is 0.